The summed E-state index contributed by atoms with van der Waals surface area (Å²) in [6, 6.07) is 14.3. The van der Waals surface area contributed by atoms with Gasteiger partial charge >= 0.3 is 5.97 Å². The highest BCUT2D eigenvalue weighted by molar-refractivity contribution is 7.92. The van der Waals surface area contributed by atoms with Gasteiger partial charge in [0.15, 0.2) is 0 Å². The summed E-state index contributed by atoms with van der Waals surface area (Å²) in [7, 11) is -4.05. The Bertz CT molecular complexity index is 1520. The standard InChI is InChI=1S/C29H29F2NO5S/c1-17-6-5-7-20(12-17)38(34,35)32-16-27(22-15-23(22)28(33)37-29(2,3)4)36-26-11-8-18(13-25(26)32)21-14-19(30)9-10-24(21)31/h5-14,22-23,27H,15-16H2,1-4H3/t22-,23-,27-/m1/s1. The molecule has 0 unspecified atom stereocenters. The number of carbonyl (C=O) groups excluding carboxylic acids is 1. The number of benzene rings is 3. The van der Waals surface area contributed by atoms with Crippen molar-refractivity contribution < 1.29 is 31.5 Å². The first-order valence-corrected chi connectivity index (χ1v) is 13.9. The van der Waals surface area contributed by atoms with Gasteiger partial charge in [-0.3, -0.25) is 9.10 Å². The number of ether oxygens (including phenoxy) is 2. The van der Waals surface area contributed by atoms with Crippen LogP contribution < -0.4 is 9.04 Å². The molecular formula is C29H29F2NO5S. The number of hydrogen-bond acceptors (Lipinski definition) is 5. The highest BCUT2D eigenvalue weighted by Crippen LogP contribution is 2.49. The van der Waals surface area contributed by atoms with Gasteiger partial charge in [-0.2, -0.15) is 0 Å². The van der Waals surface area contributed by atoms with Gasteiger partial charge in [-0.1, -0.05) is 18.2 Å². The summed E-state index contributed by atoms with van der Waals surface area (Å²) < 4.78 is 69.3. The van der Waals surface area contributed by atoms with Crippen molar-refractivity contribution in [2.75, 3.05) is 10.8 Å². The maximum Gasteiger partial charge on any atom is 0.309 e. The van der Waals surface area contributed by atoms with E-state index in [1.165, 1.54) is 16.4 Å². The zero-order valence-electron chi connectivity index (χ0n) is 21.6. The summed E-state index contributed by atoms with van der Waals surface area (Å²) >= 11 is 0. The quantitative estimate of drug-likeness (QED) is 0.378. The minimum absolute atomic E-state index is 0.00927. The van der Waals surface area contributed by atoms with E-state index in [-0.39, 0.29) is 46.2 Å². The molecule has 1 fully saturated rings. The second kappa shape index (κ2) is 9.38. The molecule has 38 heavy (non-hydrogen) atoms. The van der Waals surface area contributed by atoms with Gasteiger partial charge in [0.05, 0.1) is 23.0 Å². The first-order chi connectivity index (χ1) is 17.8. The molecule has 0 saturated heterocycles. The summed E-state index contributed by atoms with van der Waals surface area (Å²) in [5, 5.41) is 0. The first kappa shape index (κ1) is 26.2. The molecule has 0 aromatic heterocycles. The van der Waals surface area contributed by atoms with Crippen LogP contribution >= 0.6 is 0 Å². The average Bonchev–Trinajstić information content (AvgIpc) is 3.65. The number of halogens is 2. The number of carbonyl (C=O) groups is 1. The van der Waals surface area contributed by atoms with Crippen molar-refractivity contribution in [3.8, 4) is 16.9 Å². The third-order valence-electron chi connectivity index (χ3n) is 6.70. The minimum atomic E-state index is -4.05. The SMILES string of the molecule is Cc1cccc(S(=O)(=O)N2C[C@H]([C@@H]3C[C@H]3C(=O)OC(C)(C)C)Oc3ccc(-c4cc(F)ccc4F)cc32)c1. The van der Waals surface area contributed by atoms with Gasteiger partial charge in [-0.15, -0.1) is 0 Å². The smallest absolute Gasteiger partial charge is 0.309 e. The van der Waals surface area contributed by atoms with Gasteiger partial charge in [-0.05, 0) is 87.7 Å². The van der Waals surface area contributed by atoms with Gasteiger partial charge in [0, 0.05) is 11.5 Å². The summed E-state index contributed by atoms with van der Waals surface area (Å²) in [6.45, 7) is 7.15. The maximum atomic E-state index is 14.6. The van der Waals surface area contributed by atoms with E-state index in [1.807, 2.05) is 0 Å². The Morgan fingerprint density at radius 3 is 2.53 bits per heavy atom. The van der Waals surface area contributed by atoms with Crippen LogP contribution in [0.15, 0.2) is 65.6 Å². The van der Waals surface area contributed by atoms with E-state index in [0.717, 1.165) is 23.8 Å². The van der Waals surface area contributed by atoms with E-state index < -0.39 is 33.4 Å². The molecule has 9 heteroatoms. The Morgan fingerprint density at radius 1 is 1.05 bits per heavy atom. The van der Waals surface area contributed by atoms with Crippen LogP contribution in [0.1, 0.15) is 32.8 Å². The number of rotatable bonds is 5. The van der Waals surface area contributed by atoms with Crippen LogP contribution in [0.2, 0.25) is 0 Å². The summed E-state index contributed by atoms with van der Waals surface area (Å²) in [4.78, 5) is 12.7. The van der Waals surface area contributed by atoms with Crippen LogP contribution in [0.4, 0.5) is 14.5 Å². The number of nitrogens with zero attached hydrogens (tertiary/aromatic N) is 1. The molecule has 3 aromatic rings. The van der Waals surface area contributed by atoms with Crippen LogP contribution in [0, 0.1) is 30.4 Å². The molecule has 0 amide bonds. The van der Waals surface area contributed by atoms with Crippen LogP contribution in [-0.4, -0.2) is 32.6 Å². The number of anilines is 1. The minimum Gasteiger partial charge on any atom is -0.486 e. The second-order valence-electron chi connectivity index (χ2n) is 10.9. The van der Waals surface area contributed by atoms with Gasteiger partial charge in [0.25, 0.3) is 10.0 Å². The molecule has 0 bridgehead atoms. The van der Waals surface area contributed by atoms with Crippen molar-refractivity contribution in [1.82, 2.24) is 0 Å². The number of hydrogen-bond donors (Lipinski definition) is 0. The van der Waals surface area contributed by atoms with Gasteiger partial charge in [-0.25, -0.2) is 17.2 Å². The maximum absolute atomic E-state index is 14.6. The van der Waals surface area contributed by atoms with Crippen LogP contribution in [0.5, 0.6) is 5.75 Å². The lowest BCUT2D eigenvalue weighted by Gasteiger charge is -2.36. The Hall–Kier alpha value is -3.46. The van der Waals surface area contributed by atoms with E-state index in [4.69, 9.17) is 9.47 Å². The van der Waals surface area contributed by atoms with Crippen molar-refractivity contribution in [3.05, 3.63) is 77.9 Å². The van der Waals surface area contributed by atoms with Crippen molar-refractivity contribution in [2.24, 2.45) is 11.8 Å². The summed E-state index contributed by atoms with van der Waals surface area (Å²) in [6.07, 6.45) is -0.0591. The summed E-state index contributed by atoms with van der Waals surface area (Å²) in [5.74, 6) is -1.89. The fourth-order valence-corrected chi connectivity index (χ4v) is 6.37. The molecule has 5 rings (SSSR count). The lowest BCUT2D eigenvalue weighted by atomic mass is 10.0. The largest absolute Gasteiger partial charge is 0.486 e. The molecule has 0 spiro atoms. The topological polar surface area (TPSA) is 72.9 Å². The van der Waals surface area contributed by atoms with Crippen molar-refractivity contribution in [2.45, 2.75) is 50.7 Å². The Labute approximate surface area is 221 Å². The molecular weight excluding hydrogens is 512 g/mol. The summed E-state index contributed by atoms with van der Waals surface area (Å²) in [5.41, 5.74) is 0.686. The van der Waals surface area contributed by atoms with E-state index >= 15 is 0 Å². The monoisotopic (exact) mass is 541 g/mol. The average molecular weight is 542 g/mol. The van der Waals surface area contributed by atoms with Crippen LogP contribution in [0.3, 0.4) is 0 Å². The molecule has 3 aromatic carbocycles. The van der Waals surface area contributed by atoms with Crippen LogP contribution in [0.25, 0.3) is 11.1 Å². The number of sulfonamides is 1. The molecule has 2 aliphatic rings. The highest BCUT2D eigenvalue weighted by atomic mass is 32.2. The van der Waals surface area contributed by atoms with Crippen molar-refractivity contribution in [1.29, 1.82) is 0 Å². The fourth-order valence-electron chi connectivity index (χ4n) is 4.79. The number of esters is 1. The van der Waals surface area contributed by atoms with Crippen molar-refractivity contribution >= 4 is 21.7 Å². The third-order valence-corrected chi connectivity index (χ3v) is 8.47. The van der Waals surface area contributed by atoms with E-state index in [9.17, 15) is 22.0 Å². The first-order valence-electron chi connectivity index (χ1n) is 12.4. The van der Waals surface area contributed by atoms with Crippen LogP contribution in [-0.2, 0) is 19.6 Å². The Kier molecular flexibility index (Phi) is 6.46. The Morgan fingerprint density at radius 2 is 1.82 bits per heavy atom. The fraction of sp³-hybridized carbons (Fsp3) is 0.345. The van der Waals surface area contributed by atoms with Gasteiger partial charge < -0.3 is 9.47 Å². The molecule has 1 heterocycles. The van der Waals surface area contributed by atoms with Gasteiger partial charge in [0.1, 0.15) is 29.1 Å². The second-order valence-corrected chi connectivity index (χ2v) is 12.7. The van der Waals surface area contributed by atoms with E-state index in [2.05, 4.69) is 0 Å². The highest BCUT2D eigenvalue weighted by Gasteiger charge is 2.53. The normalized spacial score (nSPS) is 20.9. The molecule has 1 aliphatic carbocycles. The lowest BCUT2D eigenvalue weighted by molar-refractivity contribution is -0.157. The van der Waals surface area contributed by atoms with E-state index in [1.54, 1.807) is 58.0 Å². The number of fused-ring (bicyclic) bond motifs is 1. The molecule has 3 atom stereocenters. The van der Waals surface area contributed by atoms with Crippen molar-refractivity contribution in [3.63, 3.8) is 0 Å². The van der Waals surface area contributed by atoms with Gasteiger partial charge in [0.2, 0.25) is 0 Å². The molecule has 1 aliphatic heterocycles. The molecule has 0 N–H and O–H groups in total. The number of aryl methyl sites for hydroxylation is 1. The van der Waals surface area contributed by atoms with E-state index in [0.29, 0.717) is 12.0 Å². The zero-order valence-corrected chi connectivity index (χ0v) is 22.4. The molecule has 1 saturated carbocycles. The zero-order chi connectivity index (χ0) is 27.4. The Balaban J connectivity index is 1.54. The molecule has 6 nitrogen and oxygen atoms in total. The molecule has 200 valence electrons. The lowest BCUT2D eigenvalue weighted by Crippen LogP contribution is -2.45. The predicted octanol–water partition coefficient (Wildman–Crippen LogP) is 5.87. The third kappa shape index (κ3) is 5.12. The molecule has 0 radical (unpaired) electrons. The predicted molar refractivity (Wildman–Crippen MR) is 139 cm³/mol.